The minimum atomic E-state index is -0.494. The number of nitrogens with zero attached hydrogens (tertiary/aromatic N) is 2. The molecule has 2 aromatic rings. The molecular formula is C14H8FN3. The van der Waals surface area contributed by atoms with E-state index in [1.54, 1.807) is 24.3 Å². The van der Waals surface area contributed by atoms with Gasteiger partial charge in [0.2, 0.25) is 0 Å². The fraction of sp³-hybridized carbons (Fsp3) is 0. The van der Waals surface area contributed by atoms with Gasteiger partial charge in [-0.1, -0.05) is 12.1 Å². The van der Waals surface area contributed by atoms with E-state index in [9.17, 15) is 4.39 Å². The van der Waals surface area contributed by atoms with E-state index >= 15 is 0 Å². The molecule has 0 unspecified atom stereocenters. The van der Waals surface area contributed by atoms with Gasteiger partial charge in [0.1, 0.15) is 11.9 Å². The molecule has 0 atom stereocenters. The second kappa shape index (κ2) is 4.99. The molecule has 0 aliphatic rings. The van der Waals surface area contributed by atoms with Crippen LogP contribution in [0, 0.1) is 28.5 Å². The molecule has 3 nitrogen and oxygen atoms in total. The molecule has 2 rings (SSSR count). The largest absolute Gasteiger partial charge is 0.354 e. The Morgan fingerprint density at radius 1 is 1.00 bits per heavy atom. The van der Waals surface area contributed by atoms with Crippen molar-refractivity contribution < 1.29 is 4.39 Å². The molecule has 0 bridgehead atoms. The summed E-state index contributed by atoms with van der Waals surface area (Å²) in [5.41, 5.74) is 1.70. The third-order valence-corrected chi connectivity index (χ3v) is 2.35. The van der Waals surface area contributed by atoms with E-state index < -0.39 is 5.82 Å². The van der Waals surface area contributed by atoms with Crippen LogP contribution in [-0.2, 0) is 0 Å². The van der Waals surface area contributed by atoms with E-state index in [0.29, 0.717) is 16.9 Å². The minimum absolute atomic E-state index is 0.229. The fourth-order valence-corrected chi connectivity index (χ4v) is 1.57. The first-order valence-electron chi connectivity index (χ1n) is 5.20. The van der Waals surface area contributed by atoms with E-state index in [4.69, 9.17) is 10.5 Å². The van der Waals surface area contributed by atoms with Crippen molar-refractivity contribution in [2.45, 2.75) is 0 Å². The molecule has 0 fully saturated rings. The Labute approximate surface area is 104 Å². The number of halogens is 1. The lowest BCUT2D eigenvalue weighted by Crippen LogP contribution is -1.94. The van der Waals surface area contributed by atoms with E-state index in [-0.39, 0.29) is 5.56 Å². The second-order valence-electron chi connectivity index (χ2n) is 3.62. The Balaban J connectivity index is 2.38. The maximum atomic E-state index is 13.2. The van der Waals surface area contributed by atoms with Crippen LogP contribution in [0.5, 0.6) is 0 Å². The van der Waals surface area contributed by atoms with Crippen LogP contribution in [0.4, 0.5) is 15.8 Å². The molecular weight excluding hydrogens is 229 g/mol. The van der Waals surface area contributed by atoms with E-state index in [1.807, 2.05) is 12.1 Å². The molecule has 0 radical (unpaired) electrons. The van der Waals surface area contributed by atoms with E-state index in [1.165, 1.54) is 12.1 Å². The summed E-state index contributed by atoms with van der Waals surface area (Å²) < 4.78 is 13.2. The lowest BCUT2D eigenvalue weighted by atomic mass is 10.1. The van der Waals surface area contributed by atoms with Crippen molar-refractivity contribution in [3.8, 4) is 12.1 Å². The summed E-state index contributed by atoms with van der Waals surface area (Å²) in [5, 5.41) is 20.6. The Kier molecular flexibility index (Phi) is 3.22. The molecule has 0 aliphatic heterocycles. The molecule has 2 aromatic carbocycles. The van der Waals surface area contributed by atoms with Crippen LogP contribution in [0.1, 0.15) is 11.1 Å². The number of anilines is 2. The van der Waals surface area contributed by atoms with Crippen molar-refractivity contribution >= 4 is 11.4 Å². The van der Waals surface area contributed by atoms with Gasteiger partial charge in [-0.25, -0.2) is 4.39 Å². The highest BCUT2D eigenvalue weighted by Crippen LogP contribution is 2.21. The summed E-state index contributed by atoms with van der Waals surface area (Å²) in [6.45, 7) is 0. The number of para-hydroxylation sites is 1. The summed E-state index contributed by atoms with van der Waals surface area (Å²) in [6.07, 6.45) is 0. The highest BCUT2D eigenvalue weighted by atomic mass is 19.1. The molecule has 1 N–H and O–H groups in total. The van der Waals surface area contributed by atoms with Crippen LogP contribution >= 0.6 is 0 Å². The first-order valence-corrected chi connectivity index (χ1v) is 5.20. The van der Waals surface area contributed by atoms with Crippen molar-refractivity contribution in [1.82, 2.24) is 0 Å². The predicted molar refractivity (Wildman–Crippen MR) is 65.6 cm³/mol. The standard InChI is InChI=1S/C14H8FN3/c15-12-5-10(8-16)6-13(7-12)18-14-4-2-1-3-11(14)9-17/h1-7,18H. The van der Waals surface area contributed by atoms with Crippen molar-refractivity contribution in [1.29, 1.82) is 10.5 Å². The number of nitrogens with one attached hydrogen (secondary N) is 1. The molecule has 18 heavy (non-hydrogen) atoms. The van der Waals surface area contributed by atoms with Crippen LogP contribution < -0.4 is 5.32 Å². The van der Waals surface area contributed by atoms with Crippen molar-refractivity contribution in [2.75, 3.05) is 5.32 Å². The Bertz CT molecular complexity index is 665. The zero-order chi connectivity index (χ0) is 13.0. The highest BCUT2D eigenvalue weighted by molar-refractivity contribution is 5.67. The van der Waals surface area contributed by atoms with Crippen molar-refractivity contribution in [2.24, 2.45) is 0 Å². The molecule has 0 saturated carbocycles. The van der Waals surface area contributed by atoms with E-state index in [0.717, 1.165) is 6.07 Å². The number of hydrogen-bond donors (Lipinski definition) is 1. The van der Waals surface area contributed by atoms with Crippen LogP contribution in [0.3, 0.4) is 0 Å². The Morgan fingerprint density at radius 2 is 1.78 bits per heavy atom. The van der Waals surface area contributed by atoms with Gasteiger partial charge in [0.05, 0.1) is 22.9 Å². The molecule has 0 aliphatic carbocycles. The molecule has 0 heterocycles. The molecule has 0 aromatic heterocycles. The van der Waals surface area contributed by atoms with Gasteiger partial charge in [0.15, 0.2) is 0 Å². The molecule has 0 saturated heterocycles. The normalized spacial score (nSPS) is 9.28. The van der Waals surface area contributed by atoms with Gasteiger partial charge >= 0.3 is 0 Å². The number of benzene rings is 2. The van der Waals surface area contributed by atoms with Gasteiger partial charge in [-0.05, 0) is 30.3 Å². The maximum absolute atomic E-state index is 13.2. The van der Waals surface area contributed by atoms with Crippen LogP contribution in [0.2, 0.25) is 0 Å². The number of hydrogen-bond acceptors (Lipinski definition) is 3. The highest BCUT2D eigenvalue weighted by Gasteiger charge is 2.04. The van der Waals surface area contributed by atoms with Gasteiger partial charge in [0, 0.05) is 5.69 Å². The average molecular weight is 237 g/mol. The Hall–Kier alpha value is -2.85. The van der Waals surface area contributed by atoms with Crippen LogP contribution in [-0.4, -0.2) is 0 Å². The summed E-state index contributed by atoms with van der Waals surface area (Å²) >= 11 is 0. The van der Waals surface area contributed by atoms with Gasteiger partial charge in [-0.3, -0.25) is 0 Å². The van der Waals surface area contributed by atoms with Gasteiger partial charge in [-0.15, -0.1) is 0 Å². The van der Waals surface area contributed by atoms with E-state index in [2.05, 4.69) is 5.32 Å². The lowest BCUT2D eigenvalue weighted by Gasteiger charge is -2.08. The SMILES string of the molecule is N#Cc1cc(F)cc(Nc2ccccc2C#N)c1. The molecule has 0 spiro atoms. The van der Waals surface area contributed by atoms with Crippen molar-refractivity contribution in [3.63, 3.8) is 0 Å². The first kappa shape index (κ1) is 11.6. The average Bonchev–Trinajstić information content (AvgIpc) is 2.38. The number of rotatable bonds is 2. The van der Waals surface area contributed by atoms with Crippen molar-refractivity contribution in [3.05, 3.63) is 59.4 Å². The monoisotopic (exact) mass is 237 g/mol. The summed E-state index contributed by atoms with van der Waals surface area (Å²) in [6, 6.07) is 14.8. The third-order valence-electron chi connectivity index (χ3n) is 2.35. The lowest BCUT2D eigenvalue weighted by molar-refractivity contribution is 0.628. The van der Waals surface area contributed by atoms with Gasteiger partial charge in [-0.2, -0.15) is 10.5 Å². The van der Waals surface area contributed by atoms with Crippen LogP contribution in [0.15, 0.2) is 42.5 Å². The summed E-state index contributed by atoms with van der Waals surface area (Å²) in [5.74, 6) is -0.494. The smallest absolute Gasteiger partial charge is 0.126 e. The van der Waals surface area contributed by atoms with Gasteiger partial charge < -0.3 is 5.32 Å². The first-order chi connectivity index (χ1) is 8.72. The number of nitriles is 2. The summed E-state index contributed by atoms with van der Waals surface area (Å²) in [7, 11) is 0. The fourth-order valence-electron chi connectivity index (χ4n) is 1.57. The second-order valence-corrected chi connectivity index (χ2v) is 3.62. The quantitative estimate of drug-likeness (QED) is 0.871. The summed E-state index contributed by atoms with van der Waals surface area (Å²) in [4.78, 5) is 0. The zero-order valence-corrected chi connectivity index (χ0v) is 9.31. The molecule has 86 valence electrons. The third kappa shape index (κ3) is 2.45. The predicted octanol–water partition coefficient (Wildman–Crippen LogP) is 3.31. The zero-order valence-electron chi connectivity index (χ0n) is 9.31. The topological polar surface area (TPSA) is 59.6 Å². The molecule has 0 amide bonds. The molecule has 4 heteroatoms. The van der Waals surface area contributed by atoms with Gasteiger partial charge in [0.25, 0.3) is 0 Å². The minimum Gasteiger partial charge on any atom is -0.354 e. The Morgan fingerprint density at radius 3 is 2.50 bits per heavy atom. The maximum Gasteiger partial charge on any atom is 0.126 e. The van der Waals surface area contributed by atoms with Crippen LogP contribution in [0.25, 0.3) is 0 Å².